The van der Waals surface area contributed by atoms with Crippen molar-refractivity contribution < 1.29 is 4.74 Å². The van der Waals surface area contributed by atoms with E-state index in [1.54, 1.807) is 11.8 Å². The Morgan fingerprint density at radius 2 is 1.89 bits per heavy atom. The van der Waals surface area contributed by atoms with Crippen LogP contribution in [0.25, 0.3) is 10.9 Å². The van der Waals surface area contributed by atoms with Gasteiger partial charge in [-0.2, -0.15) is 0 Å². The lowest BCUT2D eigenvalue weighted by Gasteiger charge is -2.29. The van der Waals surface area contributed by atoms with Gasteiger partial charge >= 0.3 is 0 Å². The second-order valence-electron chi connectivity index (χ2n) is 9.11. The summed E-state index contributed by atoms with van der Waals surface area (Å²) in [5.41, 5.74) is 5.76. The normalized spacial score (nSPS) is 13.7. The number of hydrogen-bond donors (Lipinski definition) is 1. The van der Waals surface area contributed by atoms with Crippen molar-refractivity contribution in [2.75, 3.05) is 18.6 Å². The maximum Gasteiger partial charge on any atom is 0.254 e. The molecule has 0 aliphatic carbocycles. The van der Waals surface area contributed by atoms with Crippen molar-refractivity contribution in [2.45, 2.75) is 25.9 Å². The van der Waals surface area contributed by atoms with Crippen LogP contribution < -0.4 is 15.2 Å². The number of tetrazole rings is 1. The molecule has 6 rings (SSSR count). The molecule has 1 atom stereocenters. The van der Waals surface area contributed by atoms with E-state index in [-0.39, 0.29) is 5.56 Å². The number of nitrogens with one attached hydrogen (secondary N) is 1. The lowest BCUT2D eigenvalue weighted by atomic mass is 10.0. The number of para-hydroxylation sites is 2. The Morgan fingerprint density at radius 3 is 2.72 bits per heavy atom. The molecule has 1 aliphatic rings. The second-order valence-corrected chi connectivity index (χ2v) is 9.11. The molecule has 0 saturated carbocycles. The summed E-state index contributed by atoms with van der Waals surface area (Å²) in [5.74, 6) is 1.42. The van der Waals surface area contributed by atoms with Crippen LogP contribution >= 0.6 is 0 Å². The first kappa shape index (κ1) is 22.0. The van der Waals surface area contributed by atoms with Crippen molar-refractivity contribution in [1.82, 2.24) is 25.2 Å². The van der Waals surface area contributed by atoms with Gasteiger partial charge in [0.1, 0.15) is 11.8 Å². The Balaban J connectivity index is 1.50. The summed E-state index contributed by atoms with van der Waals surface area (Å²) in [6.45, 7) is 3.25. The number of pyridine rings is 1. The molecule has 5 aromatic rings. The van der Waals surface area contributed by atoms with Crippen molar-refractivity contribution in [1.29, 1.82) is 0 Å². The number of aromatic amines is 1. The molecule has 8 heteroatoms. The molecule has 0 spiro atoms. The highest BCUT2D eigenvalue weighted by molar-refractivity contribution is 5.82. The van der Waals surface area contributed by atoms with Crippen molar-refractivity contribution in [3.63, 3.8) is 0 Å². The van der Waals surface area contributed by atoms with Crippen LogP contribution in [0.3, 0.4) is 0 Å². The van der Waals surface area contributed by atoms with Crippen LogP contribution in [-0.4, -0.2) is 38.8 Å². The number of benzene rings is 3. The van der Waals surface area contributed by atoms with Gasteiger partial charge in [0.25, 0.3) is 5.56 Å². The minimum absolute atomic E-state index is 0.134. The highest BCUT2D eigenvalue weighted by Gasteiger charge is 2.34. The molecule has 36 heavy (non-hydrogen) atoms. The first-order valence-corrected chi connectivity index (χ1v) is 12.0. The largest absolute Gasteiger partial charge is 0.497 e. The van der Waals surface area contributed by atoms with Crippen LogP contribution in [0, 0.1) is 6.92 Å². The number of ether oxygens (including phenoxy) is 1. The van der Waals surface area contributed by atoms with E-state index in [9.17, 15) is 4.79 Å². The Kier molecular flexibility index (Phi) is 5.48. The molecule has 2 aromatic heterocycles. The standard InChI is InChI=1S/C28H26N6O2/c1-18-6-5-8-21-16-23(28(35)29-25(18)21)26(33-15-14-20-7-3-4-9-24(20)33)27-30-31-32-34(27)17-19-10-12-22(36-2)13-11-19/h3-13,16,26H,14-15,17H2,1-2H3,(H,29,35)/t26-/m1/s1. The Hall–Kier alpha value is -4.46. The number of H-pyrrole nitrogens is 1. The summed E-state index contributed by atoms with van der Waals surface area (Å²) in [6.07, 6.45) is 0.900. The van der Waals surface area contributed by atoms with Crippen molar-refractivity contribution >= 4 is 16.6 Å². The number of methoxy groups -OCH3 is 1. The summed E-state index contributed by atoms with van der Waals surface area (Å²) >= 11 is 0. The van der Waals surface area contributed by atoms with Gasteiger partial charge in [-0.05, 0) is 70.1 Å². The van der Waals surface area contributed by atoms with E-state index >= 15 is 0 Å². The van der Waals surface area contributed by atoms with E-state index in [1.807, 2.05) is 61.5 Å². The molecule has 0 saturated heterocycles. The highest BCUT2D eigenvalue weighted by atomic mass is 16.5. The van der Waals surface area contributed by atoms with E-state index in [1.165, 1.54) is 5.56 Å². The summed E-state index contributed by atoms with van der Waals surface area (Å²) in [7, 11) is 1.65. The number of hydrogen-bond acceptors (Lipinski definition) is 6. The maximum atomic E-state index is 13.6. The summed E-state index contributed by atoms with van der Waals surface area (Å²) < 4.78 is 7.07. The van der Waals surface area contributed by atoms with E-state index in [2.05, 4.69) is 43.6 Å². The van der Waals surface area contributed by atoms with Crippen LogP contribution in [0.4, 0.5) is 5.69 Å². The number of anilines is 1. The van der Waals surface area contributed by atoms with Crippen LogP contribution in [0.15, 0.2) is 77.6 Å². The van der Waals surface area contributed by atoms with Crippen molar-refractivity contribution in [2.24, 2.45) is 0 Å². The Bertz CT molecular complexity index is 1610. The summed E-state index contributed by atoms with van der Waals surface area (Å²) in [4.78, 5) is 18.9. The van der Waals surface area contributed by atoms with Gasteiger partial charge in [-0.15, -0.1) is 5.10 Å². The summed E-state index contributed by atoms with van der Waals surface area (Å²) in [6, 6.07) is 23.7. The van der Waals surface area contributed by atoms with E-state index in [0.29, 0.717) is 17.9 Å². The monoisotopic (exact) mass is 478 g/mol. The number of aromatic nitrogens is 5. The van der Waals surface area contributed by atoms with Gasteiger partial charge in [-0.3, -0.25) is 4.79 Å². The third-order valence-electron chi connectivity index (χ3n) is 6.94. The number of nitrogens with zero attached hydrogens (tertiary/aromatic N) is 5. The lowest BCUT2D eigenvalue weighted by molar-refractivity contribution is 0.414. The zero-order chi connectivity index (χ0) is 24.6. The smallest absolute Gasteiger partial charge is 0.254 e. The predicted molar refractivity (Wildman–Crippen MR) is 139 cm³/mol. The molecule has 3 aromatic carbocycles. The SMILES string of the molecule is COc1ccc(Cn2nnnc2[C@@H](c2cc3cccc(C)c3[nH]c2=O)N2CCc3ccccc32)cc1. The zero-order valence-electron chi connectivity index (χ0n) is 20.2. The quantitative estimate of drug-likeness (QED) is 0.396. The molecule has 1 aliphatic heterocycles. The van der Waals surface area contributed by atoms with Gasteiger partial charge in [-0.25, -0.2) is 4.68 Å². The molecular weight excluding hydrogens is 452 g/mol. The van der Waals surface area contributed by atoms with Gasteiger partial charge in [0.05, 0.1) is 19.2 Å². The van der Waals surface area contributed by atoms with Crippen LogP contribution in [-0.2, 0) is 13.0 Å². The van der Waals surface area contributed by atoms with Crippen LogP contribution in [0.5, 0.6) is 5.75 Å². The van der Waals surface area contributed by atoms with Gasteiger partial charge < -0.3 is 14.6 Å². The van der Waals surface area contributed by atoms with E-state index in [0.717, 1.165) is 46.4 Å². The van der Waals surface area contributed by atoms with E-state index in [4.69, 9.17) is 4.74 Å². The Morgan fingerprint density at radius 1 is 1.06 bits per heavy atom. The van der Waals surface area contributed by atoms with Crippen molar-refractivity contribution in [3.8, 4) is 5.75 Å². The van der Waals surface area contributed by atoms with Crippen LogP contribution in [0.2, 0.25) is 0 Å². The molecular formula is C28H26N6O2. The molecule has 0 radical (unpaired) electrons. The third-order valence-corrected chi connectivity index (χ3v) is 6.94. The molecule has 3 heterocycles. The number of aryl methyl sites for hydroxylation is 1. The van der Waals surface area contributed by atoms with Crippen molar-refractivity contribution in [3.05, 3.63) is 111 Å². The lowest BCUT2D eigenvalue weighted by Crippen LogP contribution is -2.34. The first-order valence-electron chi connectivity index (χ1n) is 12.0. The predicted octanol–water partition coefficient (Wildman–Crippen LogP) is 4.03. The maximum absolute atomic E-state index is 13.6. The molecule has 0 unspecified atom stereocenters. The first-order chi connectivity index (χ1) is 17.6. The average Bonchev–Trinajstić information content (AvgIpc) is 3.53. The molecule has 0 fully saturated rings. The fourth-order valence-electron chi connectivity index (χ4n) is 5.11. The molecule has 0 bridgehead atoms. The van der Waals surface area contributed by atoms with Gasteiger partial charge in [0.15, 0.2) is 5.82 Å². The van der Waals surface area contributed by atoms with Gasteiger partial charge in [-0.1, -0.05) is 48.5 Å². The number of fused-ring (bicyclic) bond motifs is 2. The van der Waals surface area contributed by atoms with E-state index < -0.39 is 6.04 Å². The fraction of sp³-hybridized carbons (Fsp3) is 0.214. The molecule has 1 N–H and O–H groups in total. The zero-order valence-corrected chi connectivity index (χ0v) is 20.2. The minimum Gasteiger partial charge on any atom is -0.497 e. The second kappa shape index (κ2) is 8.96. The van der Waals surface area contributed by atoms with Gasteiger partial charge in [0.2, 0.25) is 0 Å². The van der Waals surface area contributed by atoms with Gasteiger partial charge in [0, 0.05) is 17.8 Å². The topological polar surface area (TPSA) is 88.9 Å². The number of rotatable bonds is 6. The molecule has 0 amide bonds. The summed E-state index contributed by atoms with van der Waals surface area (Å²) in [5, 5.41) is 13.8. The Labute approximate surface area is 208 Å². The fourth-order valence-corrected chi connectivity index (χ4v) is 5.11. The molecule has 8 nitrogen and oxygen atoms in total. The highest BCUT2D eigenvalue weighted by Crippen LogP contribution is 2.37. The third kappa shape index (κ3) is 3.80. The average molecular weight is 479 g/mol. The minimum atomic E-state index is -0.449. The van der Waals surface area contributed by atoms with Crippen LogP contribution in [0.1, 0.15) is 34.1 Å². The molecule has 180 valence electrons.